The summed E-state index contributed by atoms with van der Waals surface area (Å²) in [5.74, 6) is 1.43. The highest BCUT2D eigenvalue weighted by Gasteiger charge is 2.23. The number of hydrogen-bond acceptors (Lipinski definition) is 6. The predicted molar refractivity (Wildman–Crippen MR) is 220 cm³/mol. The maximum atomic E-state index is 6.56. The Balaban J connectivity index is 1.17. The van der Waals surface area contributed by atoms with Crippen molar-refractivity contribution in [1.29, 1.82) is 0 Å². The third-order valence-electron chi connectivity index (χ3n) is 9.43. The minimum atomic E-state index is 0.166. The first-order chi connectivity index (χ1) is 26.6. The van der Waals surface area contributed by atoms with Gasteiger partial charge in [0.05, 0.1) is 11.0 Å². The van der Waals surface area contributed by atoms with E-state index in [1.54, 1.807) is 0 Å². The van der Waals surface area contributed by atoms with Crippen molar-refractivity contribution in [2.24, 2.45) is 0 Å². The molecule has 7 aromatic carbocycles. The van der Waals surface area contributed by atoms with Gasteiger partial charge < -0.3 is 9.30 Å². The van der Waals surface area contributed by atoms with Crippen molar-refractivity contribution in [3.63, 3.8) is 0 Å². The average molecular weight is 701 g/mol. The maximum Gasteiger partial charge on any atom is 0.328 e. The number of hydrogen-bond donors (Lipinski definition) is 0. The number of aryl methyl sites for hydroxylation is 2. The number of fused-ring (bicyclic) bond motifs is 3. The van der Waals surface area contributed by atoms with E-state index in [2.05, 4.69) is 66.9 Å². The van der Waals surface area contributed by atoms with E-state index in [0.29, 0.717) is 17.6 Å². The lowest BCUT2D eigenvalue weighted by Crippen LogP contribution is -2.19. The monoisotopic (exact) mass is 700 g/mol. The summed E-state index contributed by atoms with van der Waals surface area (Å²) >= 11 is 0. The molecule has 2 heterocycles. The maximum absolute atomic E-state index is 6.56. The number of rotatable bonds is 9. The van der Waals surface area contributed by atoms with E-state index in [9.17, 15) is 0 Å². The summed E-state index contributed by atoms with van der Waals surface area (Å²) in [5.41, 5.74) is 9.43. The van der Waals surface area contributed by atoms with Crippen LogP contribution in [0.15, 0.2) is 182 Å². The Morgan fingerprint density at radius 2 is 0.815 bits per heavy atom. The molecule has 0 unspecified atom stereocenters. The number of anilines is 6. The molecular weight excluding hydrogens is 665 g/mol. The van der Waals surface area contributed by atoms with Gasteiger partial charge in [0, 0.05) is 39.2 Å². The zero-order valence-corrected chi connectivity index (χ0v) is 29.9. The first-order valence-corrected chi connectivity index (χ1v) is 18.0. The fourth-order valence-corrected chi connectivity index (χ4v) is 6.95. The minimum absolute atomic E-state index is 0.166. The van der Waals surface area contributed by atoms with Gasteiger partial charge >= 0.3 is 6.01 Å². The van der Waals surface area contributed by atoms with Gasteiger partial charge in [-0.05, 0) is 111 Å². The van der Waals surface area contributed by atoms with Gasteiger partial charge in [-0.25, -0.2) is 0 Å². The summed E-state index contributed by atoms with van der Waals surface area (Å²) in [7, 11) is 0. The van der Waals surface area contributed by atoms with E-state index in [0.717, 1.165) is 39.5 Å². The molecule has 0 aliphatic carbocycles. The predicted octanol–water partition coefficient (Wildman–Crippen LogP) is 12.3. The Bertz CT molecular complexity index is 2460. The first kappa shape index (κ1) is 32.6. The van der Waals surface area contributed by atoms with Crippen LogP contribution in [0.25, 0.3) is 27.5 Å². The second kappa shape index (κ2) is 14.1. The summed E-state index contributed by atoms with van der Waals surface area (Å²) < 4.78 is 8.86. The molecule has 0 aliphatic heterocycles. The lowest BCUT2D eigenvalue weighted by Gasteiger charge is -2.27. The van der Waals surface area contributed by atoms with Crippen molar-refractivity contribution in [2.45, 2.75) is 13.8 Å². The molecule has 0 bridgehead atoms. The van der Waals surface area contributed by atoms with E-state index in [4.69, 9.17) is 19.7 Å². The molecule has 9 aromatic rings. The summed E-state index contributed by atoms with van der Waals surface area (Å²) in [4.78, 5) is 19.1. The summed E-state index contributed by atoms with van der Waals surface area (Å²) in [6, 6.07) is 61.9. The van der Waals surface area contributed by atoms with Crippen LogP contribution < -0.4 is 14.5 Å². The minimum Gasteiger partial charge on any atom is -0.424 e. The fraction of sp³-hybridized carbons (Fsp3) is 0.0426. The third kappa shape index (κ3) is 6.28. The van der Waals surface area contributed by atoms with Gasteiger partial charge in [0.15, 0.2) is 0 Å². The molecule has 9 rings (SSSR count). The lowest BCUT2D eigenvalue weighted by atomic mass is 10.1. The fourth-order valence-electron chi connectivity index (χ4n) is 6.95. The van der Waals surface area contributed by atoms with E-state index < -0.39 is 0 Å². The summed E-state index contributed by atoms with van der Waals surface area (Å²) in [6.07, 6.45) is 0. The highest BCUT2D eigenvalue weighted by Crippen LogP contribution is 2.38. The van der Waals surface area contributed by atoms with Crippen molar-refractivity contribution in [3.8, 4) is 17.4 Å². The normalized spacial score (nSPS) is 11.1. The van der Waals surface area contributed by atoms with Crippen molar-refractivity contribution in [3.05, 3.63) is 193 Å². The van der Waals surface area contributed by atoms with Crippen molar-refractivity contribution < 1.29 is 4.74 Å². The van der Waals surface area contributed by atoms with Gasteiger partial charge in [-0.3, -0.25) is 9.80 Å². The van der Waals surface area contributed by atoms with E-state index in [1.165, 1.54) is 21.9 Å². The van der Waals surface area contributed by atoms with Crippen LogP contribution >= 0.6 is 0 Å². The average Bonchev–Trinajstić information content (AvgIpc) is 3.52. The molecule has 0 aliphatic rings. The molecule has 0 atom stereocenters. The quantitative estimate of drug-likeness (QED) is 0.149. The Morgan fingerprint density at radius 3 is 1.20 bits per heavy atom. The molecule has 0 saturated heterocycles. The first-order valence-electron chi connectivity index (χ1n) is 18.0. The van der Waals surface area contributed by atoms with Crippen LogP contribution in [0.2, 0.25) is 0 Å². The van der Waals surface area contributed by atoms with Gasteiger partial charge in [0.1, 0.15) is 5.75 Å². The van der Waals surface area contributed by atoms with E-state index in [-0.39, 0.29) is 6.01 Å². The molecule has 0 radical (unpaired) electrons. The second-order valence-electron chi connectivity index (χ2n) is 13.2. The number of benzene rings is 7. The van der Waals surface area contributed by atoms with Crippen LogP contribution in [-0.2, 0) is 0 Å². The van der Waals surface area contributed by atoms with Crippen molar-refractivity contribution in [2.75, 3.05) is 9.80 Å². The highest BCUT2D eigenvalue weighted by atomic mass is 16.5. The second-order valence-corrected chi connectivity index (χ2v) is 13.2. The number of aromatic nitrogens is 4. The lowest BCUT2D eigenvalue weighted by molar-refractivity contribution is 0.440. The Hall–Kier alpha value is -7.25. The molecule has 7 nitrogen and oxygen atoms in total. The third-order valence-corrected chi connectivity index (χ3v) is 9.43. The van der Waals surface area contributed by atoms with Crippen LogP contribution in [-0.4, -0.2) is 19.5 Å². The molecular formula is C47H36N6O. The smallest absolute Gasteiger partial charge is 0.328 e. The molecule has 0 fully saturated rings. The van der Waals surface area contributed by atoms with Crippen molar-refractivity contribution in [1.82, 2.24) is 19.5 Å². The van der Waals surface area contributed by atoms with Crippen LogP contribution in [0.1, 0.15) is 11.1 Å². The van der Waals surface area contributed by atoms with Crippen LogP contribution in [0.5, 0.6) is 11.8 Å². The largest absolute Gasteiger partial charge is 0.424 e. The number of nitrogens with zero attached hydrogens (tertiary/aromatic N) is 6. The Morgan fingerprint density at radius 1 is 0.426 bits per heavy atom. The molecule has 0 N–H and O–H groups in total. The van der Waals surface area contributed by atoms with Crippen LogP contribution in [0.4, 0.5) is 34.6 Å². The standard InChI is InChI=1S/C47H36N6O/c1-33-23-29-43-41(31-33)42-32-34(2)24-30-44(42)53(43)39-25-27-40(28-26-39)54-47-49-45(51(35-15-7-3-8-16-35)36-17-9-4-10-18-36)48-46(50-47)52(37-19-11-5-12-20-37)38-21-13-6-14-22-38/h3-32H,1-2H3. The van der Waals surface area contributed by atoms with Crippen molar-refractivity contribution >= 4 is 56.5 Å². The zero-order chi connectivity index (χ0) is 36.4. The van der Waals surface area contributed by atoms with Gasteiger partial charge in [0.2, 0.25) is 11.9 Å². The zero-order valence-electron chi connectivity index (χ0n) is 29.9. The molecule has 0 amide bonds. The SMILES string of the molecule is Cc1ccc2c(c1)c1cc(C)ccc1n2-c1ccc(Oc2nc(N(c3ccccc3)c3ccccc3)nc(N(c3ccccc3)c3ccccc3)n2)cc1. The topological polar surface area (TPSA) is 59.3 Å². The molecule has 54 heavy (non-hydrogen) atoms. The van der Waals surface area contributed by atoms with Crippen LogP contribution in [0.3, 0.4) is 0 Å². The van der Waals surface area contributed by atoms with Gasteiger partial charge in [-0.1, -0.05) is 96.1 Å². The molecule has 260 valence electrons. The van der Waals surface area contributed by atoms with Crippen LogP contribution in [0, 0.1) is 13.8 Å². The molecule has 0 spiro atoms. The number of ether oxygens (including phenoxy) is 1. The van der Waals surface area contributed by atoms with Gasteiger partial charge in [-0.2, -0.15) is 15.0 Å². The number of para-hydroxylation sites is 4. The Labute approximate surface area is 314 Å². The molecule has 7 heteroatoms. The Kier molecular flexibility index (Phi) is 8.49. The molecule has 0 saturated carbocycles. The van der Waals surface area contributed by atoms with Gasteiger partial charge in [-0.15, -0.1) is 0 Å². The van der Waals surface area contributed by atoms with E-state index >= 15 is 0 Å². The highest BCUT2D eigenvalue weighted by molar-refractivity contribution is 6.09. The van der Waals surface area contributed by atoms with Gasteiger partial charge in [0.25, 0.3) is 0 Å². The summed E-state index contributed by atoms with van der Waals surface area (Å²) in [5, 5.41) is 2.48. The summed E-state index contributed by atoms with van der Waals surface area (Å²) in [6.45, 7) is 4.28. The van der Waals surface area contributed by atoms with E-state index in [1.807, 2.05) is 143 Å². The molecule has 2 aromatic heterocycles.